The number of benzene rings is 1. The zero-order valence-corrected chi connectivity index (χ0v) is 14.4. The molecule has 0 aliphatic carbocycles. The van der Waals surface area contributed by atoms with Gasteiger partial charge in [0.05, 0.1) is 11.8 Å². The lowest BCUT2D eigenvalue weighted by atomic mass is 10.1. The summed E-state index contributed by atoms with van der Waals surface area (Å²) in [5.41, 5.74) is -0.320. The van der Waals surface area contributed by atoms with Crippen LogP contribution in [-0.4, -0.2) is 30.5 Å². The Hall–Kier alpha value is -2.62. The highest BCUT2D eigenvalue weighted by Gasteiger charge is 2.21. The fraction of sp³-hybridized carbons (Fsp3) is 0.267. The molecule has 0 radical (unpaired) electrons. The van der Waals surface area contributed by atoms with E-state index in [9.17, 15) is 22.0 Å². The first-order valence-electron chi connectivity index (χ1n) is 7.08. The van der Waals surface area contributed by atoms with Crippen LogP contribution in [0.4, 0.5) is 8.78 Å². The number of nitrogens with zero attached hydrogens (tertiary/aromatic N) is 2. The van der Waals surface area contributed by atoms with Gasteiger partial charge in [0, 0.05) is 24.4 Å². The molecule has 0 spiro atoms. The van der Waals surface area contributed by atoms with Crippen molar-refractivity contribution in [3.63, 3.8) is 0 Å². The highest BCUT2D eigenvalue weighted by Crippen LogP contribution is 2.29. The van der Waals surface area contributed by atoms with Gasteiger partial charge in [-0.1, -0.05) is 13.8 Å². The van der Waals surface area contributed by atoms with Gasteiger partial charge in [0.25, 0.3) is 5.91 Å². The minimum atomic E-state index is -3.91. The van der Waals surface area contributed by atoms with Gasteiger partial charge in [-0.3, -0.25) is 9.78 Å². The molecule has 1 amide bonds. The lowest BCUT2D eigenvalue weighted by molar-refractivity contribution is 0.0977. The quantitative estimate of drug-likeness (QED) is 0.866. The molecule has 2 aromatic rings. The number of nitrogens with one attached hydrogen (secondary N) is 1. The molecule has 10 heteroatoms. The number of ether oxygens (including phenoxy) is 1. The first-order valence-corrected chi connectivity index (χ1v) is 8.97. The topological polar surface area (TPSA) is 98.2 Å². The van der Waals surface area contributed by atoms with E-state index in [-0.39, 0.29) is 11.8 Å². The first kappa shape index (κ1) is 18.7. The Morgan fingerprint density at radius 1 is 1.16 bits per heavy atom. The number of carbonyl (C=O) groups excluding carboxylic acids is 1. The second-order valence-electron chi connectivity index (χ2n) is 5.47. The molecule has 0 unspecified atom stereocenters. The van der Waals surface area contributed by atoms with Gasteiger partial charge in [0.1, 0.15) is 11.5 Å². The number of amides is 1. The Labute approximate surface area is 143 Å². The van der Waals surface area contributed by atoms with Crippen LogP contribution in [0.1, 0.15) is 35.8 Å². The predicted octanol–water partition coefficient (Wildman–Crippen LogP) is 2.36. The maximum absolute atomic E-state index is 14.2. The third kappa shape index (κ3) is 4.69. The standard InChI is InChI=1S/C15H15F2N3O4S/c1-8(2)13-15(19-5-4-18-13)24-12-7-10(16)9(6-11(12)17)14(21)20-25(3,22)23/h4-8H,1-3H3,(H,20,21). The minimum Gasteiger partial charge on any atom is -0.434 e. The molecule has 2 rings (SSSR count). The fourth-order valence-electron chi connectivity index (χ4n) is 1.92. The maximum Gasteiger partial charge on any atom is 0.267 e. The largest absolute Gasteiger partial charge is 0.434 e. The van der Waals surface area contributed by atoms with Crippen molar-refractivity contribution in [1.29, 1.82) is 0 Å². The van der Waals surface area contributed by atoms with Gasteiger partial charge in [0.2, 0.25) is 15.9 Å². The van der Waals surface area contributed by atoms with Gasteiger partial charge in [-0.2, -0.15) is 0 Å². The Morgan fingerprint density at radius 3 is 2.40 bits per heavy atom. The normalized spacial score (nSPS) is 11.4. The molecule has 0 aliphatic rings. The van der Waals surface area contributed by atoms with Crippen molar-refractivity contribution < 1.29 is 26.7 Å². The maximum atomic E-state index is 14.2. The lowest BCUT2D eigenvalue weighted by Gasteiger charge is -2.12. The van der Waals surface area contributed by atoms with Crippen LogP contribution in [0.3, 0.4) is 0 Å². The summed E-state index contributed by atoms with van der Waals surface area (Å²) in [6, 6.07) is 1.20. The van der Waals surface area contributed by atoms with Crippen LogP contribution < -0.4 is 9.46 Å². The molecule has 0 atom stereocenters. The summed E-state index contributed by atoms with van der Waals surface area (Å²) in [6.07, 6.45) is 3.50. The van der Waals surface area contributed by atoms with Crippen LogP contribution in [0.15, 0.2) is 24.5 Å². The van der Waals surface area contributed by atoms with Crippen molar-refractivity contribution in [3.8, 4) is 11.6 Å². The Bertz CT molecular complexity index is 917. The number of sulfonamides is 1. The molecule has 0 aliphatic heterocycles. The molecule has 1 aromatic heterocycles. The summed E-state index contributed by atoms with van der Waals surface area (Å²) >= 11 is 0. The van der Waals surface area contributed by atoms with Crippen molar-refractivity contribution in [2.75, 3.05) is 6.26 Å². The molecule has 0 bridgehead atoms. The number of hydrogen-bond donors (Lipinski definition) is 1. The summed E-state index contributed by atoms with van der Waals surface area (Å²) in [4.78, 5) is 19.7. The van der Waals surface area contributed by atoms with E-state index in [1.807, 2.05) is 13.8 Å². The van der Waals surface area contributed by atoms with Gasteiger partial charge in [-0.25, -0.2) is 26.9 Å². The fourth-order valence-corrected chi connectivity index (χ4v) is 2.37. The zero-order valence-electron chi connectivity index (χ0n) is 13.6. The lowest BCUT2D eigenvalue weighted by Crippen LogP contribution is -2.30. The van der Waals surface area contributed by atoms with E-state index < -0.39 is 38.9 Å². The number of aromatic nitrogens is 2. The molecular weight excluding hydrogens is 356 g/mol. The number of halogens is 2. The van der Waals surface area contributed by atoms with Crippen LogP contribution in [0.5, 0.6) is 11.6 Å². The van der Waals surface area contributed by atoms with E-state index in [1.165, 1.54) is 12.4 Å². The van der Waals surface area contributed by atoms with Crippen LogP contribution in [-0.2, 0) is 10.0 Å². The molecule has 134 valence electrons. The summed E-state index contributed by atoms with van der Waals surface area (Å²) in [5, 5.41) is 0. The number of rotatable bonds is 5. The average molecular weight is 371 g/mol. The zero-order chi connectivity index (χ0) is 18.8. The van der Waals surface area contributed by atoms with Crippen molar-refractivity contribution in [2.45, 2.75) is 19.8 Å². The predicted molar refractivity (Wildman–Crippen MR) is 84.9 cm³/mol. The van der Waals surface area contributed by atoms with Crippen LogP contribution in [0.2, 0.25) is 0 Å². The molecule has 25 heavy (non-hydrogen) atoms. The summed E-state index contributed by atoms with van der Waals surface area (Å²) in [5.74, 6) is -4.06. The molecule has 1 heterocycles. The summed E-state index contributed by atoms with van der Waals surface area (Å²) in [7, 11) is -3.91. The van der Waals surface area contributed by atoms with Crippen LogP contribution in [0, 0.1) is 11.6 Å². The highest BCUT2D eigenvalue weighted by atomic mass is 32.2. The van der Waals surface area contributed by atoms with Crippen LogP contribution in [0.25, 0.3) is 0 Å². The SMILES string of the molecule is CC(C)c1nccnc1Oc1cc(F)c(C(=O)NS(C)(=O)=O)cc1F. The Balaban J connectivity index is 2.37. The monoisotopic (exact) mass is 371 g/mol. The Kier molecular flexibility index (Phi) is 5.31. The van der Waals surface area contributed by atoms with E-state index in [2.05, 4.69) is 9.97 Å². The molecule has 0 saturated heterocycles. The second kappa shape index (κ2) is 7.09. The van der Waals surface area contributed by atoms with Crippen LogP contribution >= 0.6 is 0 Å². The molecular formula is C15H15F2N3O4S. The first-order chi connectivity index (χ1) is 11.6. The van der Waals surface area contributed by atoms with E-state index in [0.717, 1.165) is 6.26 Å². The Morgan fingerprint density at radius 2 is 1.80 bits per heavy atom. The highest BCUT2D eigenvalue weighted by molar-refractivity contribution is 7.89. The van der Waals surface area contributed by atoms with E-state index in [0.29, 0.717) is 17.8 Å². The van der Waals surface area contributed by atoms with Crippen molar-refractivity contribution in [1.82, 2.24) is 14.7 Å². The molecule has 0 saturated carbocycles. The van der Waals surface area contributed by atoms with Gasteiger partial charge in [-0.05, 0) is 6.07 Å². The third-order valence-electron chi connectivity index (χ3n) is 2.99. The van der Waals surface area contributed by atoms with Crippen molar-refractivity contribution in [2.24, 2.45) is 0 Å². The van der Waals surface area contributed by atoms with Gasteiger partial charge in [-0.15, -0.1) is 0 Å². The van der Waals surface area contributed by atoms with E-state index >= 15 is 0 Å². The minimum absolute atomic E-state index is 0.00383. The van der Waals surface area contributed by atoms with E-state index in [4.69, 9.17) is 4.74 Å². The third-order valence-corrected chi connectivity index (χ3v) is 3.55. The van der Waals surface area contributed by atoms with Gasteiger partial charge < -0.3 is 4.74 Å². The van der Waals surface area contributed by atoms with Crippen molar-refractivity contribution >= 4 is 15.9 Å². The van der Waals surface area contributed by atoms with Gasteiger partial charge in [0.15, 0.2) is 11.6 Å². The average Bonchev–Trinajstić information content (AvgIpc) is 2.49. The van der Waals surface area contributed by atoms with Gasteiger partial charge >= 0.3 is 0 Å². The molecule has 1 N–H and O–H groups in total. The molecule has 0 fully saturated rings. The molecule has 1 aromatic carbocycles. The van der Waals surface area contributed by atoms with E-state index in [1.54, 1.807) is 4.72 Å². The number of hydrogen-bond acceptors (Lipinski definition) is 6. The summed E-state index contributed by atoms with van der Waals surface area (Å²) in [6.45, 7) is 3.65. The second-order valence-corrected chi connectivity index (χ2v) is 7.22. The smallest absolute Gasteiger partial charge is 0.267 e. The number of carbonyl (C=O) groups is 1. The summed E-state index contributed by atoms with van der Waals surface area (Å²) < 4.78 is 57.2. The van der Waals surface area contributed by atoms with Crippen molar-refractivity contribution in [3.05, 3.63) is 47.4 Å². The molecule has 7 nitrogen and oxygen atoms in total.